The number of furan rings is 1. The Labute approximate surface area is 195 Å². The lowest BCUT2D eigenvalue weighted by atomic mass is 9.95. The minimum absolute atomic E-state index is 0.00306. The van der Waals surface area contributed by atoms with Gasteiger partial charge >= 0.3 is 0 Å². The second-order valence-corrected chi connectivity index (χ2v) is 8.59. The Morgan fingerprint density at radius 1 is 1.06 bits per heavy atom. The van der Waals surface area contributed by atoms with Crippen LogP contribution >= 0.6 is 11.6 Å². The number of morpholine rings is 1. The monoisotopic (exact) mass is 466 g/mol. The average Bonchev–Trinajstić information content (AvgIpc) is 3.37. The van der Waals surface area contributed by atoms with Crippen molar-refractivity contribution in [2.24, 2.45) is 0 Å². The quantitative estimate of drug-likeness (QED) is 0.553. The van der Waals surface area contributed by atoms with Crippen molar-refractivity contribution in [2.75, 3.05) is 39.4 Å². The Kier molecular flexibility index (Phi) is 5.93. The van der Waals surface area contributed by atoms with Gasteiger partial charge in [0.15, 0.2) is 11.5 Å². The van der Waals surface area contributed by atoms with Crippen molar-refractivity contribution in [2.45, 2.75) is 6.04 Å². The van der Waals surface area contributed by atoms with Crippen molar-refractivity contribution in [3.05, 3.63) is 82.3 Å². The Morgan fingerprint density at radius 2 is 1.85 bits per heavy atom. The van der Waals surface area contributed by atoms with E-state index in [4.69, 9.17) is 20.8 Å². The maximum absolute atomic E-state index is 13.5. The van der Waals surface area contributed by atoms with E-state index in [0.717, 1.165) is 18.5 Å². The summed E-state index contributed by atoms with van der Waals surface area (Å²) in [7, 11) is 0. The molecule has 3 heterocycles. The predicted octanol–water partition coefficient (Wildman–Crippen LogP) is 4.00. The van der Waals surface area contributed by atoms with Crippen molar-refractivity contribution >= 4 is 34.3 Å². The zero-order chi connectivity index (χ0) is 22.9. The van der Waals surface area contributed by atoms with Gasteiger partial charge in [0, 0.05) is 36.6 Å². The highest BCUT2D eigenvalue weighted by Crippen LogP contribution is 2.40. The van der Waals surface area contributed by atoms with Gasteiger partial charge in [-0.1, -0.05) is 41.9 Å². The lowest BCUT2D eigenvalue weighted by Gasteiger charge is -2.31. The minimum Gasteiger partial charge on any atom is -0.503 e. The maximum Gasteiger partial charge on any atom is 0.290 e. The third-order valence-corrected chi connectivity index (χ3v) is 6.36. The fourth-order valence-electron chi connectivity index (χ4n) is 4.44. The molecule has 0 spiro atoms. The summed E-state index contributed by atoms with van der Waals surface area (Å²) in [6, 6.07) is 15.1. The third kappa shape index (κ3) is 4.15. The predicted molar refractivity (Wildman–Crippen MR) is 123 cm³/mol. The zero-order valence-corrected chi connectivity index (χ0v) is 18.6. The number of rotatable bonds is 6. The summed E-state index contributed by atoms with van der Waals surface area (Å²) in [6.07, 6.45) is 0. The molecule has 1 aromatic heterocycles. The number of amides is 1. The number of carbonyl (C=O) groups excluding carboxylic acids is 2. The molecule has 33 heavy (non-hydrogen) atoms. The molecule has 1 amide bonds. The molecule has 0 bridgehead atoms. The van der Waals surface area contributed by atoms with Gasteiger partial charge in [-0.15, -0.1) is 0 Å². The van der Waals surface area contributed by atoms with Crippen LogP contribution < -0.4 is 0 Å². The van der Waals surface area contributed by atoms with Crippen LogP contribution in [-0.2, 0) is 9.53 Å². The summed E-state index contributed by atoms with van der Waals surface area (Å²) in [5.41, 5.74) is 1.22. The lowest BCUT2D eigenvalue weighted by Crippen LogP contribution is -2.43. The van der Waals surface area contributed by atoms with Crippen LogP contribution in [0.4, 0.5) is 0 Å². The lowest BCUT2D eigenvalue weighted by molar-refractivity contribution is -0.129. The molecule has 0 unspecified atom stereocenters. The second-order valence-electron chi connectivity index (χ2n) is 8.15. The first kappa shape index (κ1) is 21.7. The average molecular weight is 467 g/mol. The van der Waals surface area contributed by atoms with E-state index in [9.17, 15) is 14.7 Å². The van der Waals surface area contributed by atoms with Crippen LogP contribution in [0.5, 0.6) is 0 Å². The summed E-state index contributed by atoms with van der Waals surface area (Å²) in [5.74, 6) is -1.57. The molecule has 0 radical (unpaired) electrons. The molecule has 170 valence electrons. The van der Waals surface area contributed by atoms with Gasteiger partial charge in [0.1, 0.15) is 5.58 Å². The molecular formula is C25H23ClN2O5. The molecule has 5 rings (SSSR count). The number of ketones is 1. The third-order valence-electron chi connectivity index (χ3n) is 6.12. The summed E-state index contributed by atoms with van der Waals surface area (Å²) in [4.78, 5) is 30.4. The van der Waals surface area contributed by atoms with Crippen molar-refractivity contribution in [1.29, 1.82) is 0 Å². The largest absolute Gasteiger partial charge is 0.503 e. The molecule has 2 aliphatic heterocycles. The summed E-state index contributed by atoms with van der Waals surface area (Å²) >= 11 is 6.23. The van der Waals surface area contributed by atoms with E-state index in [2.05, 4.69) is 4.90 Å². The van der Waals surface area contributed by atoms with Gasteiger partial charge in [-0.3, -0.25) is 14.5 Å². The smallest absolute Gasteiger partial charge is 0.290 e. The summed E-state index contributed by atoms with van der Waals surface area (Å²) in [6.45, 7) is 3.78. The molecule has 2 aliphatic rings. The van der Waals surface area contributed by atoms with E-state index < -0.39 is 23.5 Å². The first-order valence-corrected chi connectivity index (χ1v) is 11.2. The van der Waals surface area contributed by atoms with Crippen LogP contribution in [0.25, 0.3) is 11.0 Å². The topological polar surface area (TPSA) is 83.2 Å². The van der Waals surface area contributed by atoms with Gasteiger partial charge in [-0.25, -0.2) is 0 Å². The number of ether oxygens (including phenoxy) is 1. The van der Waals surface area contributed by atoms with E-state index in [1.807, 2.05) is 18.2 Å². The molecule has 1 N–H and O–H groups in total. The second kappa shape index (κ2) is 9.02. The highest BCUT2D eigenvalue weighted by molar-refractivity contribution is 6.30. The highest BCUT2D eigenvalue weighted by atomic mass is 35.5. The summed E-state index contributed by atoms with van der Waals surface area (Å²) in [5, 5.41) is 12.1. The first-order valence-electron chi connectivity index (χ1n) is 10.9. The van der Waals surface area contributed by atoms with Crippen molar-refractivity contribution < 1.29 is 23.8 Å². The SMILES string of the molecule is O=C(C1=C(O)C(=O)N(CCN2CCOCC2)[C@H]1c1cccc(Cl)c1)c1cc2ccccc2o1. The molecule has 0 saturated carbocycles. The van der Waals surface area contributed by atoms with E-state index >= 15 is 0 Å². The van der Waals surface area contributed by atoms with Crippen molar-refractivity contribution in [3.8, 4) is 0 Å². The number of para-hydroxylation sites is 1. The van der Waals surface area contributed by atoms with Gasteiger partial charge < -0.3 is 19.2 Å². The number of hydrogen-bond acceptors (Lipinski definition) is 6. The van der Waals surface area contributed by atoms with Crippen LogP contribution in [0.1, 0.15) is 22.2 Å². The Hall–Kier alpha value is -3.13. The zero-order valence-electron chi connectivity index (χ0n) is 17.9. The van der Waals surface area contributed by atoms with Crippen LogP contribution in [0.3, 0.4) is 0 Å². The number of fused-ring (bicyclic) bond motifs is 1. The highest BCUT2D eigenvalue weighted by Gasteiger charge is 2.44. The molecule has 2 aromatic carbocycles. The van der Waals surface area contributed by atoms with Gasteiger partial charge in [0.2, 0.25) is 5.78 Å². The van der Waals surface area contributed by atoms with E-state index in [1.54, 1.807) is 36.4 Å². The first-order chi connectivity index (χ1) is 16.0. The molecule has 7 nitrogen and oxygen atoms in total. The van der Waals surface area contributed by atoms with Crippen LogP contribution in [0.15, 0.2) is 70.3 Å². The standard InChI is InChI=1S/C25H23ClN2O5/c26-18-6-3-5-17(14-18)22-21(23(29)20-15-16-4-1-2-7-19(16)33-20)24(30)25(31)28(22)9-8-27-10-12-32-13-11-27/h1-7,14-15,22,30H,8-13H2/t22-/m0/s1. The fraction of sp³-hybridized carbons (Fsp3) is 0.280. The molecular weight excluding hydrogens is 444 g/mol. The van der Waals surface area contributed by atoms with E-state index in [0.29, 0.717) is 42.5 Å². The molecule has 1 atom stereocenters. The van der Waals surface area contributed by atoms with Crippen LogP contribution in [0, 0.1) is 0 Å². The van der Waals surface area contributed by atoms with Crippen LogP contribution in [-0.4, -0.2) is 66.0 Å². The number of benzene rings is 2. The molecule has 0 aliphatic carbocycles. The van der Waals surface area contributed by atoms with Gasteiger partial charge in [0.05, 0.1) is 24.8 Å². The maximum atomic E-state index is 13.5. The van der Waals surface area contributed by atoms with Gasteiger partial charge in [-0.2, -0.15) is 0 Å². The Balaban J connectivity index is 1.51. The van der Waals surface area contributed by atoms with Crippen LogP contribution in [0.2, 0.25) is 5.02 Å². The van der Waals surface area contributed by atoms with Gasteiger partial charge in [0.25, 0.3) is 5.91 Å². The van der Waals surface area contributed by atoms with Crippen molar-refractivity contribution in [3.63, 3.8) is 0 Å². The van der Waals surface area contributed by atoms with E-state index in [1.165, 1.54) is 4.90 Å². The number of nitrogens with zero attached hydrogens (tertiary/aromatic N) is 2. The number of Topliss-reactive ketones (excluding diaryl/α,β-unsaturated/α-hetero) is 1. The normalized spacial score (nSPS) is 19.6. The molecule has 3 aromatic rings. The number of aliphatic hydroxyl groups excluding tert-OH is 1. The number of carbonyl (C=O) groups is 2. The molecule has 1 fully saturated rings. The Bertz CT molecular complexity index is 1210. The number of aliphatic hydroxyl groups is 1. The van der Waals surface area contributed by atoms with E-state index in [-0.39, 0.29) is 11.3 Å². The fourth-order valence-corrected chi connectivity index (χ4v) is 4.64. The Morgan fingerprint density at radius 3 is 2.61 bits per heavy atom. The van der Waals surface area contributed by atoms with Gasteiger partial charge in [-0.05, 0) is 29.8 Å². The number of halogens is 1. The summed E-state index contributed by atoms with van der Waals surface area (Å²) < 4.78 is 11.1. The minimum atomic E-state index is -0.766. The van der Waals surface area contributed by atoms with Crippen molar-refractivity contribution in [1.82, 2.24) is 9.80 Å². The molecule has 1 saturated heterocycles. The number of hydrogen-bond donors (Lipinski definition) is 1. The molecule has 8 heteroatoms.